The SMILES string of the molecule is CC/C=C\C/C=C\C/C=C\C/C=C\C/C=C\C/C=C\C/C=C\C/C=C\C/C=C\CCCCCC(=O)OCC(COC(=O)CCCCCCC/C=C\CCCC)OC(=O)CCCCCCCCC/C=C\CCCCCCCC. The van der Waals surface area contributed by atoms with Crippen molar-refractivity contribution >= 4 is 17.9 Å². The van der Waals surface area contributed by atoms with Crippen molar-refractivity contribution < 1.29 is 28.6 Å². The molecule has 0 saturated carbocycles. The molecule has 1 unspecified atom stereocenters. The summed E-state index contributed by atoms with van der Waals surface area (Å²) in [6.07, 6.45) is 90.3. The number of hydrogen-bond acceptors (Lipinski definition) is 6. The molecular weight excluding hydrogens is 949 g/mol. The second kappa shape index (κ2) is 64.1. The molecule has 0 aliphatic heterocycles. The molecule has 0 saturated heterocycles. The van der Waals surface area contributed by atoms with Gasteiger partial charge in [-0.2, -0.15) is 0 Å². The lowest BCUT2D eigenvalue weighted by Crippen LogP contribution is -2.30. The van der Waals surface area contributed by atoms with Gasteiger partial charge in [0.05, 0.1) is 0 Å². The first-order valence-electron chi connectivity index (χ1n) is 31.7. The van der Waals surface area contributed by atoms with Gasteiger partial charge in [-0.15, -0.1) is 0 Å². The number of unbranched alkanes of at least 4 members (excludes halogenated alkanes) is 23. The van der Waals surface area contributed by atoms with Gasteiger partial charge in [-0.3, -0.25) is 14.4 Å². The van der Waals surface area contributed by atoms with Gasteiger partial charge in [-0.05, 0) is 135 Å². The van der Waals surface area contributed by atoms with Gasteiger partial charge in [0.15, 0.2) is 6.10 Å². The summed E-state index contributed by atoms with van der Waals surface area (Å²) in [5, 5.41) is 0. The highest BCUT2D eigenvalue weighted by Gasteiger charge is 2.19. The van der Waals surface area contributed by atoms with Gasteiger partial charge in [-0.1, -0.05) is 257 Å². The average molecular weight is 1070 g/mol. The maximum Gasteiger partial charge on any atom is 0.306 e. The summed E-state index contributed by atoms with van der Waals surface area (Å²) in [5.74, 6) is -0.945. The van der Waals surface area contributed by atoms with E-state index >= 15 is 0 Å². The minimum Gasteiger partial charge on any atom is -0.462 e. The smallest absolute Gasteiger partial charge is 0.306 e. The lowest BCUT2D eigenvalue weighted by molar-refractivity contribution is -0.167. The third kappa shape index (κ3) is 62.3. The zero-order chi connectivity index (χ0) is 55.7. The highest BCUT2D eigenvalue weighted by Crippen LogP contribution is 2.14. The Hall–Kier alpha value is -4.45. The molecule has 0 fully saturated rings. The van der Waals surface area contributed by atoms with Crippen LogP contribution in [0.15, 0.2) is 134 Å². The summed E-state index contributed by atoms with van der Waals surface area (Å²) in [5.41, 5.74) is 0. The van der Waals surface area contributed by atoms with Crippen LogP contribution in [0.25, 0.3) is 0 Å². The predicted octanol–water partition coefficient (Wildman–Crippen LogP) is 21.8. The van der Waals surface area contributed by atoms with Gasteiger partial charge in [-0.25, -0.2) is 0 Å². The Kier molecular flexibility index (Phi) is 60.4. The fourth-order valence-corrected chi connectivity index (χ4v) is 8.35. The quantitative estimate of drug-likeness (QED) is 0.0261. The molecule has 0 aliphatic rings. The first kappa shape index (κ1) is 72.5. The summed E-state index contributed by atoms with van der Waals surface area (Å²) in [6.45, 7) is 6.45. The van der Waals surface area contributed by atoms with Crippen molar-refractivity contribution in [2.75, 3.05) is 13.2 Å². The van der Waals surface area contributed by atoms with E-state index in [0.29, 0.717) is 19.3 Å². The Morgan fingerprint density at radius 1 is 0.273 bits per heavy atom. The Morgan fingerprint density at radius 3 is 0.857 bits per heavy atom. The number of carbonyl (C=O) groups is 3. The van der Waals surface area contributed by atoms with E-state index in [9.17, 15) is 14.4 Å². The van der Waals surface area contributed by atoms with Gasteiger partial charge >= 0.3 is 17.9 Å². The number of hydrogen-bond donors (Lipinski definition) is 0. The van der Waals surface area contributed by atoms with Crippen LogP contribution in [-0.2, 0) is 28.6 Å². The van der Waals surface area contributed by atoms with Crippen LogP contribution in [0.5, 0.6) is 0 Å². The molecule has 0 spiro atoms. The summed E-state index contributed by atoms with van der Waals surface area (Å²) in [6, 6.07) is 0. The van der Waals surface area contributed by atoms with E-state index in [1.807, 2.05) is 0 Å². The van der Waals surface area contributed by atoms with E-state index in [4.69, 9.17) is 14.2 Å². The van der Waals surface area contributed by atoms with Crippen molar-refractivity contribution in [2.24, 2.45) is 0 Å². The summed E-state index contributed by atoms with van der Waals surface area (Å²) >= 11 is 0. The second-order valence-electron chi connectivity index (χ2n) is 20.6. The van der Waals surface area contributed by atoms with E-state index in [1.165, 1.54) is 103 Å². The molecule has 6 nitrogen and oxygen atoms in total. The molecule has 6 heteroatoms. The molecule has 0 N–H and O–H groups in total. The van der Waals surface area contributed by atoms with Crippen LogP contribution in [0.2, 0.25) is 0 Å². The minimum absolute atomic E-state index is 0.0975. The molecule has 0 aromatic heterocycles. The van der Waals surface area contributed by atoms with Crippen LogP contribution >= 0.6 is 0 Å². The van der Waals surface area contributed by atoms with Crippen LogP contribution in [-0.4, -0.2) is 37.2 Å². The topological polar surface area (TPSA) is 78.9 Å². The first-order valence-corrected chi connectivity index (χ1v) is 31.7. The van der Waals surface area contributed by atoms with E-state index in [2.05, 4.69) is 154 Å². The summed E-state index contributed by atoms with van der Waals surface area (Å²) in [4.78, 5) is 38.2. The molecule has 1 atom stereocenters. The molecule has 436 valence electrons. The Labute approximate surface area is 475 Å². The lowest BCUT2D eigenvalue weighted by Gasteiger charge is -2.18. The third-order valence-electron chi connectivity index (χ3n) is 13.1. The van der Waals surface area contributed by atoms with E-state index in [1.54, 1.807) is 0 Å². The number of carbonyl (C=O) groups excluding carboxylic acids is 3. The molecule has 0 aliphatic carbocycles. The second-order valence-corrected chi connectivity index (χ2v) is 20.6. The van der Waals surface area contributed by atoms with E-state index < -0.39 is 6.10 Å². The van der Waals surface area contributed by atoms with Gasteiger partial charge in [0.2, 0.25) is 0 Å². The number of rotatable bonds is 56. The summed E-state index contributed by atoms with van der Waals surface area (Å²) < 4.78 is 16.8. The van der Waals surface area contributed by atoms with Gasteiger partial charge in [0.25, 0.3) is 0 Å². The minimum atomic E-state index is -0.802. The fraction of sp³-hybridized carbons (Fsp3) is 0.648. The van der Waals surface area contributed by atoms with E-state index in [0.717, 1.165) is 135 Å². The molecule has 0 aromatic rings. The molecule has 77 heavy (non-hydrogen) atoms. The standard InChI is InChI=1S/C71H116O6/c1-4-7-10-13-16-19-22-24-26-28-29-30-31-32-33-34-35-36-37-38-39-40-41-43-44-46-49-52-55-58-61-64-70(73)76-67-68(66-75-69(72)63-60-57-54-51-48-21-18-15-12-9-6-3)77-71(74)65-62-59-56-53-50-47-45-42-27-25-23-20-17-14-11-8-5-2/h7,10,15-16,18-19,24-27,29-30,32-33,35-36,38-39,41,43,46,49,68H,4-6,8-9,11-14,17,20-23,28,31,34,37,40,42,44-45,47-48,50-67H2,1-3H3/b10-7-,18-15-,19-16-,26-24-,27-25-,30-29-,33-32-,36-35-,39-38-,43-41-,49-46-. The number of ether oxygens (including phenoxy) is 3. The molecule has 0 amide bonds. The maximum absolute atomic E-state index is 12.9. The Bertz CT molecular complexity index is 1650. The fourth-order valence-electron chi connectivity index (χ4n) is 8.35. The van der Waals surface area contributed by atoms with Gasteiger partial charge in [0, 0.05) is 19.3 Å². The molecular formula is C71H116O6. The highest BCUT2D eigenvalue weighted by molar-refractivity contribution is 5.71. The van der Waals surface area contributed by atoms with Crippen molar-refractivity contribution in [2.45, 2.75) is 284 Å². The lowest BCUT2D eigenvalue weighted by atomic mass is 10.1. The van der Waals surface area contributed by atoms with Crippen LogP contribution in [0, 0.1) is 0 Å². The van der Waals surface area contributed by atoms with Crippen LogP contribution < -0.4 is 0 Å². The van der Waals surface area contributed by atoms with Gasteiger partial charge < -0.3 is 14.2 Å². The van der Waals surface area contributed by atoms with Crippen LogP contribution in [0.4, 0.5) is 0 Å². The molecule has 0 aromatic carbocycles. The van der Waals surface area contributed by atoms with Gasteiger partial charge in [0.1, 0.15) is 13.2 Å². The van der Waals surface area contributed by atoms with E-state index in [-0.39, 0.29) is 31.1 Å². The molecule has 0 radical (unpaired) electrons. The monoisotopic (exact) mass is 1060 g/mol. The Balaban J connectivity index is 4.36. The zero-order valence-electron chi connectivity index (χ0n) is 49.9. The molecule has 0 bridgehead atoms. The van der Waals surface area contributed by atoms with Crippen molar-refractivity contribution in [3.05, 3.63) is 134 Å². The van der Waals surface area contributed by atoms with Crippen molar-refractivity contribution in [3.8, 4) is 0 Å². The number of esters is 3. The molecule has 0 heterocycles. The van der Waals surface area contributed by atoms with Crippen molar-refractivity contribution in [1.82, 2.24) is 0 Å². The Morgan fingerprint density at radius 2 is 0.519 bits per heavy atom. The van der Waals surface area contributed by atoms with Crippen molar-refractivity contribution in [3.63, 3.8) is 0 Å². The zero-order valence-corrected chi connectivity index (χ0v) is 49.9. The molecule has 0 rings (SSSR count). The predicted molar refractivity (Wildman–Crippen MR) is 334 cm³/mol. The van der Waals surface area contributed by atoms with Crippen molar-refractivity contribution in [1.29, 1.82) is 0 Å². The van der Waals surface area contributed by atoms with Crippen LogP contribution in [0.3, 0.4) is 0 Å². The average Bonchev–Trinajstić information content (AvgIpc) is 3.43. The number of allylic oxidation sites excluding steroid dienone is 22. The highest BCUT2D eigenvalue weighted by atomic mass is 16.6. The largest absolute Gasteiger partial charge is 0.462 e. The normalized spacial score (nSPS) is 13.0. The van der Waals surface area contributed by atoms with Crippen LogP contribution in [0.1, 0.15) is 278 Å². The maximum atomic E-state index is 12.9. The third-order valence-corrected chi connectivity index (χ3v) is 13.1. The first-order chi connectivity index (χ1) is 38.0. The summed E-state index contributed by atoms with van der Waals surface area (Å²) in [7, 11) is 0.